The number of halogens is 4. The maximum absolute atomic E-state index is 14.1. The first-order valence-corrected chi connectivity index (χ1v) is 11.9. The predicted octanol–water partition coefficient (Wildman–Crippen LogP) is 5.47. The van der Waals surface area contributed by atoms with E-state index in [4.69, 9.17) is 0 Å². The molecule has 1 fully saturated rings. The summed E-state index contributed by atoms with van der Waals surface area (Å²) in [4.78, 5) is 4.77. The summed E-state index contributed by atoms with van der Waals surface area (Å²) in [6.45, 7) is 6.42. The molecule has 5 rings (SSSR count). The Balaban J connectivity index is 1.24. The van der Waals surface area contributed by atoms with Gasteiger partial charge in [-0.25, -0.2) is 4.39 Å². The van der Waals surface area contributed by atoms with Crippen molar-refractivity contribution in [2.24, 2.45) is 11.8 Å². The summed E-state index contributed by atoms with van der Waals surface area (Å²) in [6, 6.07) is 3.61. The van der Waals surface area contributed by atoms with Crippen molar-refractivity contribution in [1.29, 1.82) is 0 Å². The average Bonchev–Trinajstić information content (AvgIpc) is 3.11. The molecule has 0 bridgehead atoms. The van der Waals surface area contributed by atoms with Crippen molar-refractivity contribution in [2.45, 2.75) is 64.2 Å². The molecule has 33 heavy (non-hydrogen) atoms. The minimum atomic E-state index is -4.64. The van der Waals surface area contributed by atoms with Crippen molar-refractivity contribution in [1.82, 2.24) is 4.90 Å². The van der Waals surface area contributed by atoms with Gasteiger partial charge < -0.3 is 10.2 Å². The lowest BCUT2D eigenvalue weighted by Gasteiger charge is -2.41. The number of nitrogens with zero attached hydrogens (tertiary/aromatic N) is 2. The quantitative estimate of drug-likeness (QED) is 0.597. The van der Waals surface area contributed by atoms with Gasteiger partial charge in [0.05, 0.1) is 17.5 Å². The molecule has 8 heteroatoms. The van der Waals surface area contributed by atoms with E-state index in [1.807, 2.05) is 12.2 Å². The van der Waals surface area contributed by atoms with E-state index in [0.717, 1.165) is 67.8 Å². The van der Waals surface area contributed by atoms with E-state index in [2.05, 4.69) is 26.8 Å². The van der Waals surface area contributed by atoms with Gasteiger partial charge in [0.15, 0.2) is 0 Å². The third-order valence-electron chi connectivity index (χ3n) is 7.64. The fourth-order valence-corrected chi connectivity index (χ4v) is 6.05. The number of likely N-dealkylation sites (tertiary alicyclic amines) is 1. The van der Waals surface area contributed by atoms with Crippen molar-refractivity contribution < 1.29 is 22.3 Å². The van der Waals surface area contributed by atoms with Crippen LogP contribution in [0.3, 0.4) is 0 Å². The van der Waals surface area contributed by atoms with E-state index in [0.29, 0.717) is 6.04 Å². The highest BCUT2D eigenvalue weighted by atomic mass is 19.4. The molecule has 1 saturated heterocycles. The van der Waals surface area contributed by atoms with Gasteiger partial charge in [-0.15, -0.1) is 13.2 Å². The van der Waals surface area contributed by atoms with Crippen molar-refractivity contribution in [3.05, 3.63) is 47.3 Å². The Morgan fingerprint density at radius 3 is 2.61 bits per heavy atom. The second-order valence-corrected chi connectivity index (χ2v) is 9.89. The summed E-state index contributed by atoms with van der Waals surface area (Å²) in [5, 5.41) is 3.53. The number of rotatable bonds is 4. The molecule has 4 aliphatic rings. The monoisotopic (exact) mass is 465 g/mol. The largest absolute Gasteiger partial charge is 0.523 e. The van der Waals surface area contributed by atoms with Gasteiger partial charge >= 0.3 is 6.36 Å². The number of nitrogens with one attached hydrogen (secondary N) is 1. The Bertz CT molecular complexity index is 952. The molecule has 0 saturated carbocycles. The maximum atomic E-state index is 14.1. The Morgan fingerprint density at radius 2 is 1.88 bits per heavy atom. The molecule has 1 aromatic carbocycles. The zero-order chi connectivity index (χ0) is 23.3. The molecule has 180 valence electrons. The first-order valence-electron chi connectivity index (χ1n) is 11.9. The molecule has 1 aliphatic carbocycles. The van der Waals surface area contributed by atoms with Crippen LogP contribution in [0.4, 0.5) is 28.9 Å². The van der Waals surface area contributed by atoms with Crippen molar-refractivity contribution in [3.8, 4) is 0 Å². The van der Waals surface area contributed by atoms with Gasteiger partial charge in [-0.05, 0) is 74.9 Å². The van der Waals surface area contributed by atoms with E-state index in [-0.39, 0.29) is 23.8 Å². The summed E-state index contributed by atoms with van der Waals surface area (Å²) >= 11 is 0. The van der Waals surface area contributed by atoms with Gasteiger partial charge in [0.25, 0.3) is 0 Å². The van der Waals surface area contributed by atoms with E-state index >= 15 is 0 Å². The molecule has 0 amide bonds. The Labute approximate surface area is 192 Å². The van der Waals surface area contributed by atoms with Crippen LogP contribution in [0.2, 0.25) is 0 Å². The summed E-state index contributed by atoms with van der Waals surface area (Å²) in [5.41, 5.74) is 3.84. The molecule has 1 aromatic rings. The van der Waals surface area contributed by atoms with E-state index in [1.165, 1.54) is 0 Å². The average molecular weight is 466 g/mol. The normalized spacial score (nSPS) is 30.2. The van der Waals surface area contributed by atoms with E-state index in [1.54, 1.807) is 25.1 Å². The summed E-state index contributed by atoms with van der Waals surface area (Å²) < 4.78 is 57.6. The fraction of sp³-hybridized carbons (Fsp3) is 0.600. The number of anilines is 2. The number of ether oxygens (including phenoxy) is 1. The minimum Gasteiger partial charge on any atom is -0.362 e. The molecule has 0 radical (unpaired) electrons. The summed E-state index contributed by atoms with van der Waals surface area (Å²) in [5.74, 6) is -0.419. The van der Waals surface area contributed by atoms with Crippen LogP contribution >= 0.6 is 0 Å². The van der Waals surface area contributed by atoms with Gasteiger partial charge in [-0.2, -0.15) is 0 Å². The Hall–Kier alpha value is -2.06. The molecule has 3 heterocycles. The lowest BCUT2D eigenvalue weighted by atomic mass is 9.80. The topological polar surface area (TPSA) is 27.7 Å². The SMILES string of the molecule is CC1C=CC=C(C2CCN(CC3Nc4cc(F)cc5c4N3C(C)CC5)CC2)C1OC(F)(F)F. The van der Waals surface area contributed by atoms with Crippen LogP contribution in [0.1, 0.15) is 38.7 Å². The fourth-order valence-electron chi connectivity index (χ4n) is 6.05. The molecule has 4 atom stereocenters. The van der Waals surface area contributed by atoms with Gasteiger partial charge in [0.1, 0.15) is 12.0 Å². The number of hydrogen-bond acceptors (Lipinski definition) is 4. The van der Waals surface area contributed by atoms with E-state index < -0.39 is 12.5 Å². The van der Waals surface area contributed by atoms with Crippen LogP contribution in [0.5, 0.6) is 0 Å². The predicted molar refractivity (Wildman–Crippen MR) is 121 cm³/mol. The molecule has 3 aliphatic heterocycles. The van der Waals surface area contributed by atoms with Crippen LogP contribution in [0.15, 0.2) is 35.9 Å². The molecule has 1 N–H and O–H groups in total. The zero-order valence-electron chi connectivity index (χ0n) is 19.0. The van der Waals surface area contributed by atoms with Gasteiger partial charge in [0, 0.05) is 18.5 Å². The van der Waals surface area contributed by atoms with Gasteiger partial charge in [-0.3, -0.25) is 9.64 Å². The number of hydrogen-bond donors (Lipinski definition) is 1. The second-order valence-electron chi connectivity index (χ2n) is 9.89. The lowest BCUT2D eigenvalue weighted by Crippen LogP contribution is -2.51. The molecule has 0 aromatic heterocycles. The smallest absolute Gasteiger partial charge is 0.362 e. The molecule has 0 spiro atoms. The Morgan fingerprint density at radius 1 is 1.12 bits per heavy atom. The highest BCUT2D eigenvalue weighted by Gasteiger charge is 2.41. The third kappa shape index (κ3) is 4.52. The molecular formula is C25H31F4N3O. The number of piperidine rings is 1. The van der Waals surface area contributed by atoms with Gasteiger partial charge in [0.2, 0.25) is 0 Å². The zero-order valence-corrected chi connectivity index (χ0v) is 19.0. The number of aryl methyl sites for hydroxylation is 1. The summed E-state index contributed by atoms with van der Waals surface area (Å²) in [6.07, 6.45) is 3.43. The summed E-state index contributed by atoms with van der Waals surface area (Å²) in [7, 11) is 0. The lowest BCUT2D eigenvalue weighted by molar-refractivity contribution is -0.342. The number of benzene rings is 1. The highest BCUT2D eigenvalue weighted by Crippen LogP contribution is 2.44. The maximum Gasteiger partial charge on any atom is 0.523 e. The molecule has 4 unspecified atom stereocenters. The van der Waals surface area contributed by atoms with E-state index in [9.17, 15) is 17.6 Å². The Kier molecular flexibility index (Phi) is 5.93. The first-order chi connectivity index (χ1) is 15.7. The van der Waals surface area contributed by atoms with Crippen molar-refractivity contribution in [2.75, 3.05) is 29.9 Å². The number of allylic oxidation sites excluding steroid dienone is 2. The van der Waals surface area contributed by atoms with Crippen LogP contribution in [0.25, 0.3) is 0 Å². The van der Waals surface area contributed by atoms with Crippen LogP contribution < -0.4 is 10.2 Å². The second kappa shape index (κ2) is 8.62. The highest BCUT2D eigenvalue weighted by molar-refractivity contribution is 5.80. The minimum absolute atomic E-state index is 0.0746. The van der Waals surface area contributed by atoms with Crippen molar-refractivity contribution >= 4 is 11.4 Å². The van der Waals surface area contributed by atoms with Crippen LogP contribution in [-0.4, -0.2) is 49.2 Å². The number of alkyl halides is 3. The first kappa shape index (κ1) is 22.7. The van der Waals surface area contributed by atoms with Crippen molar-refractivity contribution in [3.63, 3.8) is 0 Å². The van der Waals surface area contributed by atoms with Crippen LogP contribution in [0, 0.1) is 17.7 Å². The standard InChI is InChI=1S/C25H31F4N3O/c1-15-4-3-5-20(24(15)33-25(27,28)29)17-8-10-31(11-9-17)14-22-30-21-13-19(26)12-18-7-6-16(2)32(22)23(18)21/h3-5,12-13,15-17,22,24,30H,6-11,14H2,1-2H3. The van der Waals surface area contributed by atoms with Gasteiger partial charge in [-0.1, -0.05) is 25.2 Å². The van der Waals surface area contributed by atoms with Crippen LogP contribution in [-0.2, 0) is 11.2 Å². The third-order valence-corrected chi connectivity index (χ3v) is 7.64. The molecule has 4 nitrogen and oxygen atoms in total. The molecular weight excluding hydrogens is 434 g/mol.